The first kappa shape index (κ1) is 10.9. The third kappa shape index (κ3) is 2.12. The predicted octanol–water partition coefficient (Wildman–Crippen LogP) is 2.03. The normalized spacial score (nSPS) is 26.6. The molecule has 3 heteroatoms. The molecule has 0 saturated carbocycles. The van der Waals surface area contributed by atoms with Crippen molar-refractivity contribution in [2.75, 3.05) is 31.6 Å². The quantitative estimate of drug-likeness (QED) is 0.836. The zero-order chi connectivity index (χ0) is 11.7. The summed E-state index contributed by atoms with van der Waals surface area (Å²) >= 11 is 0. The highest BCUT2D eigenvalue weighted by Gasteiger charge is 2.29. The van der Waals surface area contributed by atoms with Gasteiger partial charge in [0.25, 0.3) is 0 Å². The van der Waals surface area contributed by atoms with Gasteiger partial charge in [-0.25, -0.2) is 0 Å². The molecule has 0 spiro atoms. The summed E-state index contributed by atoms with van der Waals surface area (Å²) in [5, 5.41) is 6.82. The number of hydrogen-bond donors (Lipinski definition) is 2. The summed E-state index contributed by atoms with van der Waals surface area (Å²) in [4.78, 5) is 0. The highest BCUT2D eigenvalue weighted by Crippen LogP contribution is 2.34. The van der Waals surface area contributed by atoms with Gasteiger partial charge < -0.3 is 15.4 Å². The number of para-hydroxylation sites is 1. The molecule has 0 amide bonds. The van der Waals surface area contributed by atoms with Gasteiger partial charge in [-0.05, 0) is 31.0 Å². The zero-order valence-corrected chi connectivity index (χ0v) is 10.4. The summed E-state index contributed by atoms with van der Waals surface area (Å²) in [5.74, 6) is 1.02. The lowest BCUT2D eigenvalue weighted by Gasteiger charge is -2.23. The van der Waals surface area contributed by atoms with Gasteiger partial charge in [0.1, 0.15) is 5.75 Å². The minimum Gasteiger partial charge on any atom is -0.491 e. The Bertz CT molecular complexity index is 411. The Morgan fingerprint density at radius 3 is 3.12 bits per heavy atom. The third-order valence-corrected chi connectivity index (χ3v) is 3.84. The highest BCUT2D eigenvalue weighted by atomic mass is 16.5. The van der Waals surface area contributed by atoms with Gasteiger partial charge in [0.15, 0.2) is 0 Å². The first-order chi connectivity index (χ1) is 8.27. The molecule has 2 N–H and O–H groups in total. The van der Waals surface area contributed by atoms with E-state index < -0.39 is 0 Å². The summed E-state index contributed by atoms with van der Waals surface area (Å²) in [7, 11) is 0. The predicted molar refractivity (Wildman–Crippen MR) is 69.7 cm³/mol. The van der Waals surface area contributed by atoms with Gasteiger partial charge in [-0.3, -0.25) is 0 Å². The molecule has 2 heterocycles. The van der Waals surface area contributed by atoms with E-state index in [2.05, 4.69) is 35.8 Å². The van der Waals surface area contributed by atoms with E-state index in [9.17, 15) is 0 Å². The average molecular weight is 232 g/mol. The van der Waals surface area contributed by atoms with Crippen LogP contribution in [0.1, 0.15) is 18.9 Å². The second kappa shape index (κ2) is 4.22. The minimum absolute atomic E-state index is 0.293. The molecule has 1 aromatic rings. The van der Waals surface area contributed by atoms with E-state index in [4.69, 9.17) is 4.74 Å². The van der Waals surface area contributed by atoms with Crippen molar-refractivity contribution in [1.82, 2.24) is 5.32 Å². The lowest BCUT2D eigenvalue weighted by atomic mass is 9.91. The molecule has 3 nitrogen and oxygen atoms in total. The minimum atomic E-state index is 0.293. The molecule has 3 rings (SSSR count). The molecule has 1 fully saturated rings. The fraction of sp³-hybridized carbons (Fsp3) is 0.571. The molecule has 17 heavy (non-hydrogen) atoms. The van der Waals surface area contributed by atoms with Crippen molar-refractivity contribution in [1.29, 1.82) is 0 Å². The van der Waals surface area contributed by atoms with Gasteiger partial charge >= 0.3 is 0 Å². The van der Waals surface area contributed by atoms with E-state index in [1.54, 1.807) is 0 Å². The fourth-order valence-electron chi connectivity index (χ4n) is 2.67. The molecule has 0 radical (unpaired) electrons. The highest BCUT2D eigenvalue weighted by molar-refractivity contribution is 5.65. The van der Waals surface area contributed by atoms with Gasteiger partial charge in [0.2, 0.25) is 0 Å². The van der Waals surface area contributed by atoms with Crippen molar-refractivity contribution in [2.24, 2.45) is 5.41 Å². The standard InChI is InChI=1S/C14H20N2O/c1-14(6-8-15-9-14)10-17-12-4-2-3-11-5-7-16-13(11)12/h2-4,15-16H,5-10H2,1H3. The van der Waals surface area contributed by atoms with Gasteiger partial charge in [-0.1, -0.05) is 19.1 Å². The zero-order valence-electron chi connectivity index (χ0n) is 10.4. The maximum atomic E-state index is 6.03. The maximum absolute atomic E-state index is 6.03. The Hall–Kier alpha value is -1.22. The third-order valence-electron chi connectivity index (χ3n) is 3.84. The number of fused-ring (bicyclic) bond motifs is 1. The Kier molecular flexibility index (Phi) is 2.71. The summed E-state index contributed by atoms with van der Waals surface area (Å²) < 4.78 is 6.03. The molecular weight excluding hydrogens is 212 g/mol. The maximum Gasteiger partial charge on any atom is 0.142 e. The summed E-state index contributed by atoms with van der Waals surface area (Å²) in [6.45, 7) is 6.32. The number of rotatable bonds is 3. The van der Waals surface area contributed by atoms with E-state index in [-0.39, 0.29) is 0 Å². The lowest BCUT2D eigenvalue weighted by Crippen LogP contribution is -2.27. The van der Waals surface area contributed by atoms with Gasteiger partial charge in [0, 0.05) is 18.5 Å². The molecule has 0 aromatic heterocycles. The Morgan fingerprint density at radius 1 is 1.35 bits per heavy atom. The van der Waals surface area contributed by atoms with E-state index in [0.717, 1.165) is 38.4 Å². The largest absolute Gasteiger partial charge is 0.491 e. The van der Waals surface area contributed by atoms with Crippen LogP contribution in [0.25, 0.3) is 0 Å². The Labute approximate surface area is 103 Å². The van der Waals surface area contributed by atoms with Crippen molar-refractivity contribution in [3.63, 3.8) is 0 Å². The molecule has 0 aliphatic carbocycles. The fourth-order valence-corrected chi connectivity index (χ4v) is 2.67. The first-order valence-corrected chi connectivity index (χ1v) is 6.46. The van der Waals surface area contributed by atoms with Crippen LogP contribution in [0.3, 0.4) is 0 Å². The molecule has 2 aliphatic rings. The number of nitrogens with one attached hydrogen (secondary N) is 2. The Balaban J connectivity index is 1.71. The van der Waals surface area contributed by atoms with E-state index >= 15 is 0 Å². The van der Waals surface area contributed by atoms with E-state index in [1.165, 1.54) is 17.7 Å². The summed E-state index contributed by atoms with van der Waals surface area (Å²) in [5.41, 5.74) is 2.89. The molecule has 1 saturated heterocycles. The summed E-state index contributed by atoms with van der Waals surface area (Å²) in [6.07, 6.45) is 2.32. The van der Waals surface area contributed by atoms with Crippen molar-refractivity contribution in [2.45, 2.75) is 19.8 Å². The van der Waals surface area contributed by atoms with Crippen LogP contribution in [0.5, 0.6) is 5.75 Å². The van der Waals surface area contributed by atoms with Gasteiger partial charge in [-0.15, -0.1) is 0 Å². The molecule has 1 atom stereocenters. The Morgan fingerprint density at radius 2 is 2.29 bits per heavy atom. The van der Waals surface area contributed by atoms with Crippen LogP contribution in [0.15, 0.2) is 18.2 Å². The van der Waals surface area contributed by atoms with E-state index in [0.29, 0.717) is 5.41 Å². The van der Waals surface area contributed by atoms with Crippen LogP contribution in [0, 0.1) is 5.41 Å². The monoisotopic (exact) mass is 232 g/mol. The number of ether oxygens (including phenoxy) is 1. The number of hydrogen-bond acceptors (Lipinski definition) is 3. The van der Waals surface area contributed by atoms with Crippen molar-refractivity contribution in [3.8, 4) is 5.75 Å². The van der Waals surface area contributed by atoms with Crippen LogP contribution in [0.2, 0.25) is 0 Å². The van der Waals surface area contributed by atoms with Crippen LogP contribution in [0.4, 0.5) is 5.69 Å². The van der Waals surface area contributed by atoms with Gasteiger partial charge in [-0.2, -0.15) is 0 Å². The second-order valence-corrected chi connectivity index (χ2v) is 5.49. The van der Waals surface area contributed by atoms with Crippen LogP contribution >= 0.6 is 0 Å². The summed E-state index contributed by atoms with van der Waals surface area (Å²) in [6, 6.07) is 6.35. The van der Waals surface area contributed by atoms with Gasteiger partial charge in [0.05, 0.1) is 12.3 Å². The topological polar surface area (TPSA) is 33.3 Å². The van der Waals surface area contributed by atoms with Crippen molar-refractivity contribution < 1.29 is 4.74 Å². The average Bonchev–Trinajstić information content (AvgIpc) is 2.95. The van der Waals surface area contributed by atoms with Crippen LogP contribution in [-0.4, -0.2) is 26.2 Å². The lowest BCUT2D eigenvalue weighted by molar-refractivity contribution is 0.181. The van der Waals surface area contributed by atoms with Crippen molar-refractivity contribution in [3.05, 3.63) is 23.8 Å². The van der Waals surface area contributed by atoms with Crippen LogP contribution in [-0.2, 0) is 6.42 Å². The number of anilines is 1. The molecule has 1 aromatic carbocycles. The smallest absolute Gasteiger partial charge is 0.142 e. The first-order valence-electron chi connectivity index (χ1n) is 6.46. The molecular formula is C14H20N2O. The van der Waals surface area contributed by atoms with Crippen molar-refractivity contribution >= 4 is 5.69 Å². The second-order valence-electron chi connectivity index (χ2n) is 5.49. The molecule has 0 bridgehead atoms. The molecule has 1 unspecified atom stereocenters. The number of benzene rings is 1. The van der Waals surface area contributed by atoms with E-state index in [1.807, 2.05) is 0 Å². The van der Waals surface area contributed by atoms with Crippen LogP contribution < -0.4 is 15.4 Å². The SMILES string of the molecule is CC1(COc2cccc3c2NCC3)CCNC1. The molecule has 92 valence electrons. The molecule has 2 aliphatic heterocycles.